The summed E-state index contributed by atoms with van der Waals surface area (Å²) in [5.74, 6) is -0.390. The van der Waals surface area contributed by atoms with E-state index in [0.29, 0.717) is 18.2 Å². The summed E-state index contributed by atoms with van der Waals surface area (Å²) in [5.41, 5.74) is 0.582. The van der Waals surface area contributed by atoms with Crippen molar-refractivity contribution in [1.82, 2.24) is 5.32 Å². The van der Waals surface area contributed by atoms with Gasteiger partial charge in [-0.2, -0.15) is 0 Å². The molecule has 16 heavy (non-hydrogen) atoms. The summed E-state index contributed by atoms with van der Waals surface area (Å²) in [6, 6.07) is 4.61. The van der Waals surface area contributed by atoms with E-state index in [9.17, 15) is 10.2 Å². The summed E-state index contributed by atoms with van der Waals surface area (Å²) in [6.07, 6.45) is -0.682. The standard InChI is InChI=1S/C11H17NO3.Pt/c1-7(2)12-6-11(15)8-3-4-9(13)10(14)5-8;/h3-5,7,11-15H,6H2,1-2H3;. The molecule has 5 heteroatoms. The number of hydrogen-bond acceptors (Lipinski definition) is 4. The first-order chi connectivity index (χ1) is 7.00. The average molecular weight is 406 g/mol. The minimum Gasteiger partial charge on any atom is -0.504 e. The van der Waals surface area contributed by atoms with Gasteiger partial charge in [0.2, 0.25) is 0 Å². The van der Waals surface area contributed by atoms with Crippen molar-refractivity contribution in [1.29, 1.82) is 0 Å². The molecule has 0 radical (unpaired) electrons. The van der Waals surface area contributed by atoms with E-state index in [0.717, 1.165) is 0 Å². The van der Waals surface area contributed by atoms with Crippen molar-refractivity contribution in [2.75, 3.05) is 6.54 Å². The van der Waals surface area contributed by atoms with Gasteiger partial charge >= 0.3 is 0 Å². The first-order valence-electron chi connectivity index (χ1n) is 4.94. The van der Waals surface area contributed by atoms with Crippen LogP contribution < -0.4 is 5.32 Å². The Kier molecular flexibility index (Phi) is 6.65. The van der Waals surface area contributed by atoms with E-state index in [1.165, 1.54) is 12.1 Å². The van der Waals surface area contributed by atoms with Crippen molar-refractivity contribution in [3.8, 4) is 11.5 Å². The molecule has 0 spiro atoms. The number of hydrogen-bond donors (Lipinski definition) is 4. The minimum atomic E-state index is -0.682. The first kappa shape index (κ1) is 15.4. The van der Waals surface area contributed by atoms with Crippen LogP contribution in [0.3, 0.4) is 0 Å². The Morgan fingerprint density at radius 3 is 2.31 bits per heavy atom. The Bertz CT molecular complexity index is 331. The van der Waals surface area contributed by atoms with Crippen molar-refractivity contribution in [3.05, 3.63) is 23.8 Å². The molecule has 0 bridgehead atoms. The SMILES string of the molecule is CC(C)NCC(O)c1ccc(O)c(O)c1.[Pt]. The first-order valence-corrected chi connectivity index (χ1v) is 4.94. The molecular weight excluding hydrogens is 389 g/mol. The van der Waals surface area contributed by atoms with E-state index >= 15 is 0 Å². The monoisotopic (exact) mass is 406 g/mol. The van der Waals surface area contributed by atoms with Gasteiger partial charge in [0.25, 0.3) is 0 Å². The largest absolute Gasteiger partial charge is 0.504 e. The van der Waals surface area contributed by atoms with Gasteiger partial charge in [0.15, 0.2) is 11.5 Å². The average Bonchev–Trinajstić information content (AvgIpc) is 2.18. The molecule has 94 valence electrons. The molecule has 0 fully saturated rings. The number of aromatic hydroxyl groups is 2. The van der Waals surface area contributed by atoms with Crippen LogP contribution in [0.1, 0.15) is 25.5 Å². The summed E-state index contributed by atoms with van der Waals surface area (Å²) in [6.45, 7) is 4.39. The van der Waals surface area contributed by atoms with Crippen molar-refractivity contribution in [2.24, 2.45) is 0 Å². The van der Waals surface area contributed by atoms with Crippen LogP contribution in [0.5, 0.6) is 11.5 Å². The van der Waals surface area contributed by atoms with Crippen LogP contribution in [0, 0.1) is 0 Å². The fraction of sp³-hybridized carbons (Fsp3) is 0.455. The Labute approximate surface area is 110 Å². The molecule has 0 aliphatic carbocycles. The fourth-order valence-corrected chi connectivity index (χ4v) is 1.21. The predicted molar refractivity (Wildman–Crippen MR) is 57.9 cm³/mol. The third kappa shape index (κ3) is 4.52. The molecule has 0 aromatic heterocycles. The summed E-state index contributed by atoms with van der Waals surface area (Å²) in [7, 11) is 0. The molecule has 1 atom stereocenters. The zero-order valence-electron chi connectivity index (χ0n) is 9.25. The molecule has 1 aromatic rings. The van der Waals surface area contributed by atoms with Gasteiger partial charge in [-0.05, 0) is 17.7 Å². The molecule has 4 nitrogen and oxygen atoms in total. The maximum absolute atomic E-state index is 9.73. The topological polar surface area (TPSA) is 72.7 Å². The fourth-order valence-electron chi connectivity index (χ4n) is 1.21. The summed E-state index contributed by atoms with van der Waals surface area (Å²) < 4.78 is 0. The summed E-state index contributed by atoms with van der Waals surface area (Å²) >= 11 is 0. The molecular formula is C11H17NO3Pt. The van der Waals surface area contributed by atoms with E-state index < -0.39 is 6.10 Å². The van der Waals surface area contributed by atoms with Crippen LogP contribution >= 0.6 is 0 Å². The number of phenols is 2. The molecule has 1 unspecified atom stereocenters. The Morgan fingerprint density at radius 1 is 1.19 bits per heavy atom. The van der Waals surface area contributed by atoms with Gasteiger partial charge in [-0.15, -0.1) is 0 Å². The van der Waals surface area contributed by atoms with Crippen LogP contribution in [-0.2, 0) is 21.1 Å². The molecule has 0 aliphatic heterocycles. The zero-order valence-corrected chi connectivity index (χ0v) is 11.5. The third-order valence-corrected chi connectivity index (χ3v) is 2.10. The van der Waals surface area contributed by atoms with E-state index in [4.69, 9.17) is 5.11 Å². The molecule has 0 aliphatic rings. The molecule has 0 amide bonds. The number of aliphatic hydroxyl groups excluding tert-OH is 1. The maximum atomic E-state index is 9.73. The maximum Gasteiger partial charge on any atom is 0.157 e. The summed E-state index contributed by atoms with van der Waals surface area (Å²) in [4.78, 5) is 0. The van der Waals surface area contributed by atoms with E-state index in [2.05, 4.69) is 5.32 Å². The van der Waals surface area contributed by atoms with Crippen molar-refractivity contribution in [2.45, 2.75) is 26.0 Å². The van der Waals surface area contributed by atoms with E-state index in [1.807, 2.05) is 13.8 Å². The van der Waals surface area contributed by atoms with Crippen LogP contribution in [0.2, 0.25) is 0 Å². The smallest absolute Gasteiger partial charge is 0.157 e. The Hall–Kier alpha value is -0.572. The van der Waals surface area contributed by atoms with Gasteiger partial charge in [0.05, 0.1) is 6.10 Å². The second kappa shape index (κ2) is 6.89. The van der Waals surface area contributed by atoms with Crippen molar-refractivity contribution < 1.29 is 36.4 Å². The predicted octanol–water partition coefficient (Wildman–Crippen LogP) is 1.13. The second-order valence-corrected chi connectivity index (χ2v) is 3.83. The molecule has 1 rings (SSSR count). The van der Waals surface area contributed by atoms with Gasteiger partial charge in [-0.3, -0.25) is 0 Å². The van der Waals surface area contributed by atoms with Crippen molar-refractivity contribution >= 4 is 0 Å². The van der Waals surface area contributed by atoms with Crippen LogP contribution in [-0.4, -0.2) is 27.9 Å². The molecule has 0 saturated heterocycles. The number of rotatable bonds is 4. The van der Waals surface area contributed by atoms with Crippen molar-refractivity contribution in [3.63, 3.8) is 0 Å². The second-order valence-electron chi connectivity index (χ2n) is 3.83. The molecule has 0 saturated carbocycles. The van der Waals surface area contributed by atoms with Gasteiger partial charge in [-0.1, -0.05) is 19.9 Å². The number of aliphatic hydroxyl groups is 1. The zero-order chi connectivity index (χ0) is 11.4. The van der Waals surface area contributed by atoms with Gasteiger partial charge in [-0.25, -0.2) is 0 Å². The number of nitrogens with one attached hydrogen (secondary N) is 1. The summed E-state index contributed by atoms with van der Waals surface area (Å²) in [5, 5.41) is 31.2. The van der Waals surface area contributed by atoms with E-state index in [-0.39, 0.29) is 32.6 Å². The third-order valence-electron chi connectivity index (χ3n) is 2.10. The van der Waals surface area contributed by atoms with Gasteiger partial charge < -0.3 is 20.6 Å². The molecule has 1 aromatic carbocycles. The van der Waals surface area contributed by atoms with E-state index in [1.54, 1.807) is 6.07 Å². The van der Waals surface area contributed by atoms with Gasteiger partial charge in [0.1, 0.15) is 0 Å². The van der Waals surface area contributed by atoms with Crippen LogP contribution in [0.15, 0.2) is 18.2 Å². The number of phenolic OH excluding ortho intramolecular Hbond substituents is 2. The molecule has 0 heterocycles. The van der Waals surface area contributed by atoms with Gasteiger partial charge in [0, 0.05) is 33.7 Å². The number of benzene rings is 1. The quantitative estimate of drug-likeness (QED) is 0.566. The Morgan fingerprint density at radius 2 is 1.81 bits per heavy atom. The minimum absolute atomic E-state index is 0. The van der Waals surface area contributed by atoms with Crippen LogP contribution in [0.4, 0.5) is 0 Å². The normalized spacial score (nSPS) is 12.2. The Balaban J connectivity index is 0.00000225. The molecule has 4 N–H and O–H groups in total. The van der Waals surface area contributed by atoms with Crippen LogP contribution in [0.25, 0.3) is 0 Å².